The van der Waals surface area contributed by atoms with Crippen molar-refractivity contribution in [2.45, 2.75) is 18.9 Å². The Bertz CT molecular complexity index is 488. The molecule has 0 bridgehead atoms. The predicted octanol–water partition coefficient (Wildman–Crippen LogP) is 2.39. The van der Waals surface area contributed by atoms with Crippen molar-refractivity contribution in [3.8, 4) is 0 Å². The van der Waals surface area contributed by atoms with Gasteiger partial charge >= 0.3 is 0 Å². The van der Waals surface area contributed by atoms with Crippen LogP contribution in [-0.2, 0) is 0 Å². The van der Waals surface area contributed by atoms with Gasteiger partial charge in [-0.1, -0.05) is 5.16 Å². The second-order valence-electron chi connectivity index (χ2n) is 3.86. The smallest absolute Gasteiger partial charge is 0.170 e. The number of halogens is 1. The monoisotopic (exact) mass is 206 g/mol. The molecule has 4 heteroatoms. The Balaban J connectivity index is 2.11. The number of aromatic nitrogens is 1. The Labute approximate surface area is 86.2 Å². The number of benzene rings is 1. The van der Waals surface area contributed by atoms with Crippen LogP contribution >= 0.6 is 0 Å². The molecule has 1 atom stereocenters. The standard InChI is InChI=1S/C11H11FN2O/c12-7-3-4-8-10(6-7)15-14-11(8)9-2-1-5-13-9/h3-4,6,9,13H,1-2,5H2/t9-/m0/s1. The van der Waals surface area contributed by atoms with E-state index >= 15 is 0 Å². The van der Waals surface area contributed by atoms with Gasteiger partial charge in [0, 0.05) is 11.5 Å². The van der Waals surface area contributed by atoms with Crippen molar-refractivity contribution in [3.05, 3.63) is 29.7 Å². The summed E-state index contributed by atoms with van der Waals surface area (Å²) >= 11 is 0. The van der Waals surface area contributed by atoms with Gasteiger partial charge < -0.3 is 9.84 Å². The van der Waals surface area contributed by atoms with Crippen molar-refractivity contribution in [3.63, 3.8) is 0 Å². The molecule has 0 aliphatic carbocycles. The Morgan fingerprint density at radius 3 is 3.20 bits per heavy atom. The lowest BCUT2D eigenvalue weighted by Gasteiger charge is -2.04. The molecule has 1 fully saturated rings. The first-order chi connectivity index (χ1) is 7.34. The first kappa shape index (κ1) is 8.85. The summed E-state index contributed by atoms with van der Waals surface area (Å²) in [4.78, 5) is 0. The molecule has 1 aliphatic heterocycles. The summed E-state index contributed by atoms with van der Waals surface area (Å²) in [6.45, 7) is 1.01. The fourth-order valence-electron chi connectivity index (χ4n) is 2.10. The largest absolute Gasteiger partial charge is 0.356 e. The van der Waals surface area contributed by atoms with Crippen molar-refractivity contribution in [1.82, 2.24) is 10.5 Å². The molecule has 0 amide bonds. The third kappa shape index (κ3) is 1.41. The Morgan fingerprint density at radius 2 is 2.40 bits per heavy atom. The second-order valence-corrected chi connectivity index (χ2v) is 3.86. The summed E-state index contributed by atoms with van der Waals surface area (Å²) in [6, 6.07) is 4.81. The highest BCUT2D eigenvalue weighted by Crippen LogP contribution is 2.29. The Kier molecular flexibility index (Phi) is 1.95. The number of hydrogen-bond acceptors (Lipinski definition) is 3. The molecule has 1 aromatic carbocycles. The SMILES string of the molecule is Fc1ccc2c([C@@H]3CCCN3)noc2c1. The first-order valence-corrected chi connectivity index (χ1v) is 5.13. The van der Waals surface area contributed by atoms with Crippen molar-refractivity contribution in [1.29, 1.82) is 0 Å². The van der Waals surface area contributed by atoms with E-state index in [0.717, 1.165) is 30.5 Å². The maximum absolute atomic E-state index is 12.9. The summed E-state index contributed by atoms with van der Waals surface area (Å²) in [5, 5.41) is 8.28. The molecule has 3 rings (SSSR count). The summed E-state index contributed by atoms with van der Waals surface area (Å²) in [6.07, 6.45) is 2.22. The van der Waals surface area contributed by atoms with Crippen LogP contribution in [0.15, 0.2) is 22.7 Å². The van der Waals surface area contributed by atoms with Gasteiger partial charge in [-0.15, -0.1) is 0 Å². The van der Waals surface area contributed by atoms with Gasteiger partial charge in [0.2, 0.25) is 0 Å². The van der Waals surface area contributed by atoms with Crippen molar-refractivity contribution in [2.75, 3.05) is 6.54 Å². The van der Waals surface area contributed by atoms with E-state index < -0.39 is 0 Å². The zero-order valence-corrected chi connectivity index (χ0v) is 8.16. The van der Waals surface area contributed by atoms with Gasteiger partial charge in [0.1, 0.15) is 11.5 Å². The van der Waals surface area contributed by atoms with Crippen LogP contribution in [0.2, 0.25) is 0 Å². The molecule has 2 heterocycles. The third-order valence-corrected chi connectivity index (χ3v) is 2.85. The number of hydrogen-bond donors (Lipinski definition) is 1. The van der Waals surface area contributed by atoms with Gasteiger partial charge in [-0.05, 0) is 31.5 Å². The molecule has 0 spiro atoms. The van der Waals surface area contributed by atoms with Crippen molar-refractivity contribution in [2.24, 2.45) is 0 Å². The summed E-state index contributed by atoms with van der Waals surface area (Å²) in [7, 11) is 0. The zero-order valence-electron chi connectivity index (χ0n) is 8.16. The van der Waals surface area contributed by atoms with Crippen molar-refractivity contribution >= 4 is 11.0 Å². The van der Waals surface area contributed by atoms with Crippen molar-refractivity contribution < 1.29 is 8.91 Å². The summed E-state index contributed by atoms with van der Waals surface area (Å²) in [5.41, 5.74) is 1.43. The van der Waals surface area contributed by atoms with E-state index in [-0.39, 0.29) is 11.9 Å². The Hall–Kier alpha value is -1.42. The summed E-state index contributed by atoms with van der Waals surface area (Å²) < 4.78 is 18.0. The van der Waals surface area contributed by atoms with Crippen LogP contribution in [-0.4, -0.2) is 11.7 Å². The third-order valence-electron chi connectivity index (χ3n) is 2.85. The van der Waals surface area contributed by atoms with Crippen LogP contribution in [0.1, 0.15) is 24.6 Å². The molecule has 15 heavy (non-hydrogen) atoms. The fraction of sp³-hybridized carbons (Fsp3) is 0.364. The van der Waals surface area contributed by atoms with E-state index in [1.54, 1.807) is 6.07 Å². The lowest BCUT2D eigenvalue weighted by atomic mass is 10.1. The molecule has 2 aromatic rings. The van der Waals surface area contributed by atoms with Crippen LogP contribution in [0.4, 0.5) is 4.39 Å². The lowest BCUT2D eigenvalue weighted by Crippen LogP contribution is -2.13. The van der Waals surface area contributed by atoms with Gasteiger partial charge in [0.15, 0.2) is 5.58 Å². The van der Waals surface area contributed by atoms with Gasteiger partial charge in [0.05, 0.1) is 6.04 Å². The van der Waals surface area contributed by atoms with Crippen LogP contribution in [0, 0.1) is 5.82 Å². The first-order valence-electron chi connectivity index (χ1n) is 5.13. The average molecular weight is 206 g/mol. The highest BCUT2D eigenvalue weighted by Gasteiger charge is 2.22. The van der Waals surface area contributed by atoms with Crippen LogP contribution in [0.25, 0.3) is 11.0 Å². The minimum atomic E-state index is -0.287. The maximum atomic E-state index is 12.9. The number of nitrogens with zero attached hydrogens (tertiary/aromatic N) is 1. The van der Waals surface area contributed by atoms with Crippen LogP contribution in [0.5, 0.6) is 0 Å². The molecule has 1 N–H and O–H groups in total. The average Bonchev–Trinajstić information content (AvgIpc) is 2.82. The molecule has 1 aromatic heterocycles. The van der Waals surface area contributed by atoms with E-state index in [1.807, 2.05) is 0 Å². The van der Waals surface area contributed by atoms with E-state index in [1.165, 1.54) is 12.1 Å². The topological polar surface area (TPSA) is 38.1 Å². The molecule has 0 unspecified atom stereocenters. The molecule has 3 nitrogen and oxygen atoms in total. The molecule has 78 valence electrons. The Morgan fingerprint density at radius 1 is 1.47 bits per heavy atom. The second kappa shape index (κ2) is 3.31. The van der Waals surface area contributed by atoms with Gasteiger partial charge in [-0.2, -0.15) is 0 Å². The van der Waals surface area contributed by atoms with Gasteiger partial charge in [-0.25, -0.2) is 4.39 Å². The zero-order chi connectivity index (χ0) is 10.3. The minimum absolute atomic E-state index is 0.261. The van der Waals surface area contributed by atoms with Gasteiger partial charge in [-0.3, -0.25) is 0 Å². The van der Waals surface area contributed by atoms with E-state index in [4.69, 9.17) is 4.52 Å². The molecule has 1 saturated heterocycles. The molecule has 0 radical (unpaired) electrons. The normalized spacial score (nSPS) is 21.3. The number of nitrogens with one attached hydrogen (secondary N) is 1. The van der Waals surface area contributed by atoms with E-state index in [9.17, 15) is 4.39 Å². The molecule has 1 aliphatic rings. The highest BCUT2D eigenvalue weighted by atomic mass is 19.1. The predicted molar refractivity (Wildman–Crippen MR) is 53.9 cm³/mol. The summed E-state index contributed by atoms with van der Waals surface area (Å²) in [5.74, 6) is -0.287. The molecular weight excluding hydrogens is 195 g/mol. The van der Waals surface area contributed by atoms with Crippen LogP contribution < -0.4 is 5.32 Å². The van der Waals surface area contributed by atoms with Crippen LogP contribution in [0.3, 0.4) is 0 Å². The number of fused-ring (bicyclic) bond motifs is 1. The molecular formula is C11H11FN2O. The highest BCUT2D eigenvalue weighted by molar-refractivity contribution is 5.79. The minimum Gasteiger partial charge on any atom is -0.356 e. The van der Waals surface area contributed by atoms with E-state index in [2.05, 4.69) is 10.5 Å². The van der Waals surface area contributed by atoms with E-state index in [0.29, 0.717) is 5.58 Å². The quantitative estimate of drug-likeness (QED) is 0.778. The fourth-order valence-corrected chi connectivity index (χ4v) is 2.10. The van der Waals surface area contributed by atoms with Gasteiger partial charge in [0.25, 0.3) is 0 Å². The maximum Gasteiger partial charge on any atom is 0.170 e. The molecule has 0 saturated carbocycles. The number of rotatable bonds is 1. The lowest BCUT2D eigenvalue weighted by molar-refractivity contribution is 0.431.